The number of hydrogen-bond donors (Lipinski definition) is 0. The number of rotatable bonds is 3. The predicted octanol–water partition coefficient (Wildman–Crippen LogP) is 3.77. The lowest BCUT2D eigenvalue weighted by atomic mass is 10.0. The average Bonchev–Trinajstić information content (AvgIpc) is 2.84. The van der Waals surface area contributed by atoms with E-state index in [4.69, 9.17) is 4.74 Å². The molecule has 2 heterocycles. The first-order chi connectivity index (χ1) is 10.1. The maximum atomic E-state index is 5.17. The molecule has 0 amide bonds. The first-order valence-corrected chi connectivity index (χ1v) is 7.06. The van der Waals surface area contributed by atoms with Gasteiger partial charge in [-0.25, -0.2) is 4.98 Å². The van der Waals surface area contributed by atoms with Crippen molar-refractivity contribution in [2.75, 3.05) is 7.11 Å². The molecule has 4 heteroatoms. The molecule has 0 radical (unpaired) electrons. The SMILES string of the molecule is COc1ccnc(-c2ccc3c(c2)c(C(C)C)cn3C)n1. The Hall–Kier alpha value is -2.36. The molecule has 0 saturated carbocycles. The van der Waals surface area contributed by atoms with Crippen molar-refractivity contribution in [1.29, 1.82) is 0 Å². The molecule has 0 bridgehead atoms. The van der Waals surface area contributed by atoms with Crippen LogP contribution in [0, 0.1) is 0 Å². The first-order valence-electron chi connectivity index (χ1n) is 7.06. The van der Waals surface area contributed by atoms with Gasteiger partial charge >= 0.3 is 0 Å². The van der Waals surface area contributed by atoms with Gasteiger partial charge in [-0.3, -0.25) is 0 Å². The Bertz CT molecular complexity index is 790. The van der Waals surface area contributed by atoms with Crippen LogP contribution in [0.2, 0.25) is 0 Å². The monoisotopic (exact) mass is 281 g/mol. The Labute approximate surface area is 124 Å². The minimum Gasteiger partial charge on any atom is -0.481 e. The van der Waals surface area contributed by atoms with Crippen LogP contribution >= 0.6 is 0 Å². The molecule has 4 nitrogen and oxygen atoms in total. The van der Waals surface area contributed by atoms with Crippen LogP contribution in [-0.2, 0) is 7.05 Å². The van der Waals surface area contributed by atoms with E-state index in [-0.39, 0.29) is 0 Å². The molecule has 0 saturated heterocycles. The molecule has 0 unspecified atom stereocenters. The van der Waals surface area contributed by atoms with Crippen molar-refractivity contribution in [3.63, 3.8) is 0 Å². The van der Waals surface area contributed by atoms with Gasteiger partial charge in [0.25, 0.3) is 0 Å². The summed E-state index contributed by atoms with van der Waals surface area (Å²) < 4.78 is 7.34. The average molecular weight is 281 g/mol. The zero-order chi connectivity index (χ0) is 15.0. The Morgan fingerprint density at radius 2 is 2.00 bits per heavy atom. The fraction of sp³-hybridized carbons (Fsp3) is 0.294. The fourth-order valence-electron chi connectivity index (χ4n) is 2.62. The van der Waals surface area contributed by atoms with Crippen molar-refractivity contribution in [2.45, 2.75) is 19.8 Å². The van der Waals surface area contributed by atoms with Gasteiger partial charge in [-0.1, -0.05) is 13.8 Å². The summed E-state index contributed by atoms with van der Waals surface area (Å²) in [6, 6.07) is 8.10. The molecule has 0 spiro atoms. The van der Waals surface area contributed by atoms with E-state index < -0.39 is 0 Å². The minimum absolute atomic E-state index is 0.482. The van der Waals surface area contributed by atoms with Crippen LogP contribution in [0.15, 0.2) is 36.7 Å². The number of nitrogens with zero attached hydrogens (tertiary/aromatic N) is 3. The number of methoxy groups -OCH3 is 1. The second kappa shape index (κ2) is 5.20. The third kappa shape index (κ3) is 2.37. The lowest BCUT2D eigenvalue weighted by molar-refractivity contribution is 0.397. The molecule has 0 atom stereocenters. The summed E-state index contributed by atoms with van der Waals surface area (Å²) >= 11 is 0. The summed E-state index contributed by atoms with van der Waals surface area (Å²) in [5.41, 5.74) is 3.58. The maximum Gasteiger partial charge on any atom is 0.216 e. The van der Waals surface area contributed by atoms with Gasteiger partial charge in [0.1, 0.15) is 0 Å². The standard InChI is InChI=1S/C17H19N3O/c1-11(2)14-10-20(3)15-6-5-12(9-13(14)15)17-18-8-7-16(19-17)21-4/h5-11H,1-4H3. The van der Waals surface area contributed by atoms with Crippen LogP contribution in [0.5, 0.6) is 5.88 Å². The molecule has 0 N–H and O–H groups in total. The molecule has 0 aliphatic carbocycles. The fourth-order valence-corrected chi connectivity index (χ4v) is 2.62. The summed E-state index contributed by atoms with van der Waals surface area (Å²) in [5, 5.41) is 1.26. The lowest BCUT2D eigenvalue weighted by Gasteiger charge is -2.05. The van der Waals surface area contributed by atoms with Crippen LogP contribution in [-0.4, -0.2) is 21.6 Å². The number of benzene rings is 1. The van der Waals surface area contributed by atoms with E-state index in [0.29, 0.717) is 17.6 Å². The molecule has 0 aliphatic heterocycles. The number of ether oxygens (including phenoxy) is 1. The van der Waals surface area contributed by atoms with Crippen LogP contribution < -0.4 is 4.74 Å². The zero-order valence-electron chi connectivity index (χ0n) is 12.8. The van der Waals surface area contributed by atoms with Crippen LogP contribution in [0.25, 0.3) is 22.3 Å². The van der Waals surface area contributed by atoms with Gasteiger partial charge in [0, 0.05) is 42.0 Å². The van der Waals surface area contributed by atoms with Crippen molar-refractivity contribution in [3.8, 4) is 17.3 Å². The van der Waals surface area contributed by atoms with Crippen LogP contribution in [0.3, 0.4) is 0 Å². The van der Waals surface area contributed by atoms with Gasteiger partial charge in [-0.2, -0.15) is 4.98 Å². The maximum absolute atomic E-state index is 5.17. The number of hydrogen-bond acceptors (Lipinski definition) is 3. The lowest BCUT2D eigenvalue weighted by Crippen LogP contribution is -1.93. The molecule has 2 aromatic heterocycles. The van der Waals surface area contributed by atoms with Gasteiger partial charge < -0.3 is 9.30 Å². The van der Waals surface area contributed by atoms with Gasteiger partial charge in [-0.15, -0.1) is 0 Å². The van der Waals surface area contributed by atoms with E-state index in [1.165, 1.54) is 16.5 Å². The Morgan fingerprint density at radius 1 is 1.19 bits per heavy atom. The van der Waals surface area contributed by atoms with Gasteiger partial charge in [0.2, 0.25) is 5.88 Å². The predicted molar refractivity (Wildman–Crippen MR) is 84.6 cm³/mol. The van der Waals surface area contributed by atoms with E-state index in [1.54, 1.807) is 19.4 Å². The van der Waals surface area contributed by atoms with E-state index >= 15 is 0 Å². The number of aryl methyl sites for hydroxylation is 1. The molecule has 0 fully saturated rings. The quantitative estimate of drug-likeness (QED) is 0.733. The second-order valence-electron chi connectivity index (χ2n) is 5.50. The molecule has 1 aromatic carbocycles. The Kier molecular flexibility index (Phi) is 3.37. The first kappa shape index (κ1) is 13.6. The molecule has 108 valence electrons. The summed E-state index contributed by atoms with van der Waals surface area (Å²) in [7, 11) is 3.69. The molecule has 3 rings (SSSR count). The van der Waals surface area contributed by atoms with E-state index in [9.17, 15) is 0 Å². The third-order valence-electron chi connectivity index (χ3n) is 3.74. The highest BCUT2D eigenvalue weighted by Gasteiger charge is 2.12. The van der Waals surface area contributed by atoms with Gasteiger partial charge in [-0.05, 0) is 29.7 Å². The van der Waals surface area contributed by atoms with E-state index in [2.05, 4.69) is 59.8 Å². The Balaban J connectivity index is 2.18. The second-order valence-corrected chi connectivity index (χ2v) is 5.50. The minimum atomic E-state index is 0.482. The third-order valence-corrected chi connectivity index (χ3v) is 3.74. The smallest absolute Gasteiger partial charge is 0.216 e. The summed E-state index contributed by atoms with van der Waals surface area (Å²) in [5.74, 6) is 1.75. The van der Waals surface area contributed by atoms with Crippen LogP contribution in [0.1, 0.15) is 25.3 Å². The summed E-state index contributed by atoms with van der Waals surface area (Å²) in [6.45, 7) is 4.42. The molecule has 0 aliphatic rings. The van der Waals surface area contributed by atoms with Crippen molar-refractivity contribution >= 4 is 10.9 Å². The molecule has 21 heavy (non-hydrogen) atoms. The molecular weight excluding hydrogens is 262 g/mol. The van der Waals surface area contributed by atoms with Crippen molar-refractivity contribution in [2.24, 2.45) is 7.05 Å². The topological polar surface area (TPSA) is 39.9 Å². The van der Waals surface area contributed by atoms with Gasteiger partial charge in [0.15, 0.2) is 5.82 Å². The van der Waals surface area contributed by atoms with Crippen molar-refractivity contribution < 1.29 is 4.74 Å². The highest BCUT2D eigenvalue weighted by molar-refractivity contribution is 5.88. The highest BCUT2D eigenvalue weighted by atomic mass is 16.5. The normalized spacial score (nSPS) is 11.3. The molecule has 3 aromatic rings. The Morgan fingerprint density at radius 3 is 2.71 bits per heavy atom. The number of aromatic nitrogens is 3. The number of fused-ring (bicyclic) bond motifs is 1. The van der Waals surface area contributed by atoms with E-state index in [0.717, 1.165) is 5.56 Å². The van der Waals surface area contributed by atoms with Gasteiger partial charge in [0.05, 0.1) is 7.11 Å². The zero-order valence-corrected chi connectivity index (χ0v) is 12.8. The largest absolute Gasteiger partial charge is 0.481 e. The summed E-state index contributed by atoms with van der Waals surface area (Å²) in [4.78, 5) is 8.76. The van der Waals surface area contributed by atoms with E-state index in [1.807, 2.05) is 0 Å². The highest BCUT2D eigenvalue weighted by Crippen LogP contribution is 2.30. The molecular formula is C17H19N3O. The van der Waals surface area contributed by atoms with Crippen molar-refractivity contribution in [1.82, 2.24) is 14.5 Å². The summed E-state index contributed by atoms with van der Waals surface area (Å²) in [6.07, 6.45) is 3.92. The van der Waals surface area contributed by atoms with Crippen molar-refractivity contribution in [3.05, 3.63) is 42.2 Å². The van der Waals surface area contributed by atoms with Crippen LogP contribution in [0.4, 0.5) is 0 Å².